The van der Waals surface area contributed by atoms with Crippen LogP contribution in [0.1, 0.15) is 28.5 Å². The Balaban J connectivity index is 1.93. The third kappa shape index (κ3) is 2.07. The van der Waals surface area contributed by atoms with Gasteiger partial charge in [-0.25, -0.2) is 4.98 Å². The molecule has 3 aromatic rings. The highest BCUT2D eigenvalue weighted by Gasteiger charge is 2.29. The van der Waals surface area contributed by atoms with Crippen molar-refractivity contribution in [3.8, 4) is 0 Å². The number of fused-ring (bicyclic) bond motifs is 2. The number of anilines is 1. The first-order valence-corrected chi connectivity index (χ1v) is 8.00. The molecule has 0 fully saturated rings. The zero-order valence-electron chi connectivity index (χ0n) is 10.9. The number of nitrogens with one attached hydrogen (secondary N) is 1. The molecular weight excluding hydrogens is 306 g/mol. The lowest BCUT2D eigenvalue weighted by Gasteiger charge is -2.13. The Bertz CT molecular complexity index is 840. The van der Waals surface area contributed by atoms with Gasteiger partial charge in [0.05, 0.1) is 24.0 Å². The summed E-state index contributed by atoms with van der Waals surface area (Å²) >= 11 is 2.64. The summed E-state index contributed by atoms with van der Waals surface area (Å²) in [6.45, 7) is 0.434. The van der Waals surface area contributed by atoms with E-state index in [0.29, 0.717) is 18.1 Å². The molecule has 3 N–H and O–H groups in total. The number of nitrogens with two attached hydrogens (primary N) is 1. The van der Waals surface area contributed by atoms with Crippen LogP contribution < -0.4 is 11.1 Å². The van der Waals surface area contributed by atoms with Crippen LogP contribution in [0.3, 0.4) is 0 Å². The Morgan fingerprint density at radius 3 is 3.14 bits per heavy atom. The van der Waals surface area contributed by atoms with E-state index in [9.17, 15) is 4.79 Å². The van der Waals surface area contributed by atoms with Crippen molar-refractivity contribution in [1.82, 2.24) is 19.0 Å². The molecule has 21 heavy (non-hydrogen) atoms. The number of aromatic nitrogens is 3. The number of benzene rings is 1. The molecule has 0 bridgehead atoms. The number of thiazole rings is 1. The Labute approximate surface area is 128 Å². The smallest absolute Gasteiger partial charge is 0.221 e. The first-order chi connectivity index (χ1) is 10.2. The molecule has 1 atom stereocenters. The highest BCUT2D eigenvalue weighted by molar-refractivity contribution is 7.15. The average molecular weight is 317 g/mol. The van der Waals surface area contributed by atoms with Gasteiger partial charge >= 0.3 is 0 Å². The van der Waals surface area contributed by atoms with Crippen molar-refractivity contribution in [2.24, 2.45) is 0 Å². The summed E-state index contributed by atoms with van der Waals surface area (Å²) in [6.07, 6.45) is 0.380. The number of carbonyl (C=O) groups is 1. The maximum Gasteiger partial charge on any atom is 0.221 e. The van der Waals surface area contributed by atoms with E-state index in [0.717, 1.165) is 27.2 Å². The van der Waals surface area contributed by atoms with Gasteiger partial charge in [0.1, 0.15) is 11.0 Å². The van der Waals surface area contributed by atoms with E-state index in [1.807, 2.05) is 18.2 Å². The minimum Gasteiger partial charge on any atom is -0.375 e. The summed E-state index contributed by atoms with van der Waals surface area (Å²) in [6, 6.07) is 5.89. The van der Waals surface area contributed by atoms with Crippen molar-refractivity contribution in [2.45, 2.75) is 18.9 Å². The van der Waals surface area contributed by atoms with Crippen LogP contribution in [0.25, 0.3) is 11.0 Å². The minimum absolute atomic E-state index is 0.0176. The van der Waals surface area contributed by atoms with Gasteiger partial charge in [-0.15, -0.1) is 11.3 Å². The second kappa shape index (κ2) is 4.74. The van der Waals surface area contributed by atoms with Gasteiger partial charge in [-0.1, -0.05) is 12.1 Å². The fourth-order valence-corrected chi connectivity index (χ4v) is 4.20. The first kappa shape index (κ1) is 12.7. The van der Waals surface area contributed by atoms with E-state index in [1.54, 1.807) is 0 Å². The molecular formula is C13H11N5OS2. The fourth-order valence-electron chi connectivity index (χ4n) is 2.67. The van der Waals surface area contributed by atoms with E-state index in [-0.39, 0.29) is 11.8 Å². The third-order valence-electron chi connectivity index (χ3n) is 3.60. The van der Waals surface area contributed by atoms with E-state index < -0.39 is 0 Å². The maximum atomic E-state index is 12.0. The lowest BCUT2D eigenvalue weighted by molar-refractivity contribution is -0.121. The number of carbonyl (C=O) groups excluding carboxylic acids is 1. The number of nitrogens with zero attached hydrogens (tertiary/aromatic N) is 3. The van der Waals surface area contributed by atoms with Crippen molar-refractivity contribution in [3.05, 3.63) is 34.3 Å². The molecule has 8 heteroatoms. The summed E-state index contributed by atoms with van der Waals surface area (Å²) in [4.78, 5) is 17.4. The molecule has 1 aromatic carbocycles. The number of hydrogen-bond donors (Lipinski definition) is 2. The van der Waals surface area contributed by atoms with Crippen molar-refractivity contribution < 1.29 is 4.79 Å². The van der Waals surface area contributed by atoms with Crippen LogP contribution in [-0.4, -0.2) is 19.6 Å². The molecule has 0 saturated heterocycles. The van der Waals surface area contributed by atoms with Crippen molar-refractivity contribution in [1.29, 1.82) is 0 Å². The molecule has 1 aliphatic heterocycles. The molecule has 0 saturated carbocycles. The highest BCUT2D eigenvalue weighted by atomic mass is 32.1. The second-order valence-electron chi connectivity index (χ2n) is 4.88. The van der Waals surface area contributed by atoms with Gasteiger partial charge in [-0.2, -0.15) is 8.75 Å². The highest BCUT2D eigenvalue weighted by Crippen LogP contribution is 2.39. The Morgan fingerprint density at radius 1 is 1.33 bits per heavy atom. The van der Waals surface area contributed by atoms with Gasteiger partial charge in [0.25, 0.3) is 0 Å². The van der Waals surface area contributed by atoms with Crippen LogP contribution in [0.2, 0.25) is 0 Å². The Hall–Kier alpha value is -2.06. The largest absolute Gasteiger partial charge is 0.375 e. The number of hydrogen-bond acceptors (Lipinski definition) is 7. The minimum atomic E-state index is -0.0649. The van der Waals surface area contributed by atoms with E-state index in [4.69, 9.17) is 5.73 Å². The monoisotopic (exact) mass is 317 g/mol. The molecule has 6 nitrogen and oxygen atoms in total. The van der Waals surface area contributed by atoms with Crippen LogP contribution in [0.4, 0.5) is 5.13 Å². The van der Waals surface area contributed by atoms with Crippen molar-refractivity contribution in [2.75, 3.05) is 5.73 Å². The van der Waals surface area contributed by atoms with Crippen LogP contribution in [-0.2, 0) is 11.3 Å². The van der Waals surface area contributed by atoms with Crippen LogP contribution in [0.15, 0.2) is 18.2 Å². The van der Waals surface area contributed by atoms with Gasteiger partial charge in [-0.3, -0.25) is 4.79 Å². The maximum absolute atomic E-state index is 12.0. The normalized spacial score (nSPS) is 18.3. The summed E-state index contributed by atoms with van der Waals surface area (Å²) in [5, 5.41) is 3.40. The predicted octanol–water partition coefficient (Wildman–Crippen LogP) is 1.88. The van der Waals surface area contributed by atoms with Gasteiger partial charge in [0.15, 0.2) is 5.13 Å². The standard InChI is InChI=1S/C13H11N5OS2/c14-13-16-9-5-15-10(19)4-7(12(9)20-13)6-2-1-3-8-11(6)18-21-17-8/h1-3,7H,4-5H2,(H2,14,16)(H,15,19). The van der Waals surface area contributed by atoms with Gasteiger partial charge < -0.3 is 11.1 Å². The van der Waals surface area contributed by atoms with E-state index >= 15 is 0 Å². The number of nitrogen functional groups attached to an aromatic ring is 1. The predicted molar refractivity (Wildman–Crippen MR) is 82.2 cm³/mol. The lowest BCUT2D eigenvalue weighted by Crippen LogP contribution is -2.21. The average Bonchev–Trinajstić information content (AvgIpc) is 3.05. The quantitative estimate of drug-likeness (QED) is 0.715. The molecule has 4 rings (SSSR count). The molecule has 1 unspecified atom stereocenters. The van der Waals surface area contributed by atoms with Crippen LogP contribution in [0.5, 0.6) is 0 Å². The zero-order chi connectivity index (χ0) is 14.4. The zero-order valence-corrected chi connectivity index (χ0v) is 12.5. The fraction of sp³-hybridized carbons (Fsp3) is 0.231. The topological polar surface area (TPSA) is 93.8 Å². The Kier molecular flexibility index (Phi) is 2.86. The van der Waals surface area contributed by atoms with Gasteiger partial charge in [0, 0.05) is 17.2 Å². The molecule has 0 aliphatic carbocycles. The molecule has 2 aromatic heterocycles. The summed E-state index contributed by atoms with van der Waals surface area (Å²) in [5.41, 5.74) is 9.44. The summed E-state index contributed by atoms with van der Waals surface area (Å²) in [5.74, 6) is -0.0473. The van der Waals surface area contributed by atoms with Crippen molar-refractivity contribution in [3.63, 3.8) is 0 Å². The molecule has 106 valence electrons. The van der Waals surface area contributed by atoms with Crippen LogP contribution in [0, 0.1) is 0 Å². The second-order valence-corrected chi connectivity index (χ2v) is 6.47. The number of amides is 1. The molecule has 1 amide bonds. The summed E-state index contributed by atoms with van der Waals surface area (Å²) in [7, 11) is 0. The van der Waals surface area contributed by atoms with Gasteiger partial charge in [-0.05, 0) is 11.6 Å². The van der Waals surface area contributed by atoms with E-state index in [2.05, 4.69) is 19.0 Å². The van der Waals surface area contributed by atoms with E-state index in [1.165, 1.54) is 23.1 Å². The number of rotatable bonds is 1. The third-order valence-corrected chi connectivity index (χ3v) is 5.18. The van der Waals surface area contributed by atoms with Crippen molar-refractivity contribution >= 4 is 45.1 Å². The molecule has 0 radical (unpaired) electrons. The molecule has 0 spiro atoms. The lowest BCUT2D eigenvalue weighted by atomic mass is 9.92. The first-order valence-electron chi connectivity index (χ1n) is 6.45. The Morgan fingerprint density at radius 2 is 2.24 bits per heavy atom. The molecule has 1 aliphatic rings. The summed E-state index contributed by atoms with van der Waals surface area (Å²) < 4.78 is 8.65. The van der Waals surface area contributed by atoms with Gasteiger partial charge in [0.2, 0.25) is 5.91 Å². The SMILES string of the molecule is Nc1nc2c(s1)C(c1cccc3nsnc13)CC(=O)NC2. The molecule has 3 heterocycles. The van der Waals surface area contributed by atoms with Crippen LogP contribution >= 0.6 is 23.1 Å².